The number of rotatable bonds is 9. The van der Waals surface area contributed by atoms with Crippen molar-refractivity contribution in [3.8, 4) is 5.75 Å². The summed E-state index contributed by atoms with van der Waals surface area (Å²) in [5, 5.41) is 3.44. The number of methoxy groups -OCH3 is 1. The van der Waals surface area contributed by atoms with E-state index in [1.54, 1.807) is 12.1 Å². The number of unbranched alkanes of at least 4 members (excludes halogenated alkanes) is 1. The van der Waals surface area contributed by atoms with Gasteiger partial charge in [-0.05, 0) is 25.0 Å². The Morgan fingerprint density at radius 2 is 1.81 bits per heavy atom. The van der Waals surface area contributed by atoms with Gasteiger partial charge < -0.3 is 14.8 Å². The van der Waals surface area contributed by atoms with Gasteiger partial charge >= 0.3 is 0 Å². The van der Waals surface area contributed by atoms with Crippen LogP contribution in [-0.2, 0) is 4.74 Å². The van der Waals surface area contributed by atoms with E-state index in [9.17, 15) is 4.79 Å². The quantitative estimate of drug-likeness (QED) is 0.696. The molecule has 1 rings (SSSR count). The normalized spacial score (nSPS) is 10.5. The zero-order valence-electron chi connectivity index (χ0n) is 12.4. The molecular formula is C15H21Cl2NO3. The fraction of sp³-hybridized carbons (Fsp3) is 0.533. The lowest BCUT2D eigenvalue weighted by Crippen LogP contribution is -2.25. The average molecular weight is 334 g/mol. The van der Waals surface area contributed by atoms with Crippen LogP contribution < -0.4 is 10.1 Å². The van der Waals surface area contributed by atoms with Crippen molar-refractivity contribution >= 4 is 29.1 Å². The van der Waals surface area contributed by atoms with Crippen LogP contribution >= 0.6 is 23.2 Å². The van der Waals surface area contributed by atoms with Crippen molar-refractivity contribution in [3.63, 3.8) is 0 Å². The smallest absolute Gasteiger partial charge is 0.251 e. The number of nitrogens with one attached hydrogen (secondary N) is 1. The summed E-state index contributed by atoms with van der Waals surface area (Å²) >= 11 is 12.0. The summed E-state index contributed by atoms with van der Waals surface area (Å²) in [6.07, 6.45) is 2.96. The lowest BCUT2D eigenvalue weighted by atomic mass is 10.2. The SMILES string of the molecule is CCCCOCCCNC(=O)c1cc(Cl)c(OC)c(Cl)c1. The van der Waals surface area contributed by atoms with Crippen molar-refractivity contribution in [2.45, 2.75) is 26.2 Å². The van der Waals surface area contributed by atoms with E-state index in [0.29, 0.717) is 34.5 Å². The second-order valence-electron chi connectivity index (χ2n) is 4.55. The highest BCUT2D eigenvalue weighted by Gasteiger charge is 2.13. The Bertz CT molecular complexity index is 443. The van der Waals surface area contributed by atoms with Gasteiger partial charge in [0.15, 0.2) is 5.75 Å². The molecule has 0 saturated heterocycles. The van der Waals surface area contributed by atoms with Gasteiger partial charge in [0.2, 0.25) is 0 Å². The van der Waals surface area contributed by atoms with Crippen LogP contribution in [0.5, 0.6) is 5.75 Å². The maximum absolute atomic E-state index is 12.0. The molecule has 0 spiro atoms. The van der Waals surface area contributed by atoms with E-state index in [0.717, 1.165) is 25.9 Å². The first-order valence-corrected chi connectivity index (χ1v) is 7.74. The maximum Gasteiger partial charge on any atom is 0.251 e. The molecule has 0 aliphatic heterocycles. The van der Waals surface area contributed by atoms with Crippen LogP contribution in [0.4, 0.5) is 0 Å². The van der Waals surface area contributed by atoms with Gasteiger partial charge in [0, 0.05) is 25.3 Å². The predicted octanol–water partition coefficient (Wildman–Crippen LogP) is 3.94. The Hall–Kier alpha value is -0.970. The molecule has 0 aromatic heterocycles. The number of carbonyl (C=O) groups excluding carboxylic acids is 1. The van der Waals surface area contributed by atoms with E-state index in [-0.39, 0.29) is 5.91 Å². The van der Waals surface area contributed by atoms with Crippen LogP contribution in [0.2, 0.25) is 10.0 Å². The summed E-state index contributed by atoms with van der Waals surface area (Å²) in [6.45, 7) is 4.08. The second-order valence-corrected chi connectivity index (χ2v) is 5.36. The van der Waals surface area contributed by atoms with E-state index in [4.69, 9.17) is 32.7 Å². The number of hydrogen-bond donors (Lipinski definition) is 1. The molecule has 0 saturated carbocycles. The van der Waals surface area contributed by atoms with Crippen molar-refractivity contribution < 1.29 is 14.3 Å². The van der Waals surface area contributed by atoms with Crippen LogP contribution in [0.3, 0.4) is 0 Å². The van der Waals surface area contributed by atoms with Gasteiger partial charge in [-0.25, -0.2) is 0 Å². The van der Waals surface area contributed by atoms with Crippen molar-refractivity contribution in [1.29, 1.82) is 0 Å². The summed E-state index contributed by atoms with van der Waals surface area (Å²) in [5.74, 6) is 0.161. The van der Waals surface area contributed by atoms with Gasteiger partial charge in [-0.1, -0.05) is 36.5 Å². The Morgan fingerprint density at radius 1 is 1.19 bits per heavy atom. The monoisotopic (exact) mass is 333 g/mol. The van der Waals surface area contributed by atoms with Crippen LogP contribution in [0, 0.1) is 0 Å². The first kappa shape index (κ1) is 18.1. The largest absolute Gasteiger partial charge is 0.494 e. The van der Waals surface area contributed by atoms with E-state index in [1.807, 2.05) is 0 Å². The topological polar surface area (TPSA) is 47.6 Å². The molecule has 1 amide bonds. The molecule has 1 N–H and O–H groups in total. The van der Waals surface area contributed by atoms with E-state index in [2.05, 4.69) is 12.2 Å². The van der Waals surface area contributed by atoms with Crippen LogP contribution in [0.15, 0.2) is 12.1 Å². The standard InChI is InChI=1S/C15H21Cl2NO3/c1-3-4-7-21-8-5-6-18-15(19)11-9-12(16)14(20-2)13(17)10-11/h9-10H,3-8H2,1-2H3,(H,18,19). The van der Waals surface area contributed by atoms with E-state index < -0.39 is 0 Å². The molecule has 4 nitrogen and oxygen atoms in total. The highest BCUT2D eigenvalue weighted by Crippen LogP contribution is 2.33. The summed E-state index contributed by atoms with van der Waals surface area (Å²) in [7, 11) is 1.48. The Balaban J connectivity index is 2.39. The average Bonchev–Trinajstić information content (AvgIpc) is 2.45. The predicted molar refractivity (Wildman–Crippen MR) is 85.7 cm³/mol. The highest BCUT2D eigenvalue weighted by atomic mass is 35.5. The Labute approximate surface area is 135 Å². The molecule has 0 aliphatic carbocycles. The third kappa shape index (κ3) is 6.12. The van der Waals surface area contributed by atoms with Gasteiger partial charge in [0.25, 0.3) is 5.91 Å². The molecule has 6 heteroatoms. The first-order chi connectivity index (χ1) is 10.1. The number of benzene rings is 1. The molecule has 0 aliphatic rings. The fourth-order valence-electron chi connectivity index (χ4n) is 1.71. The summed E-state index contributed by atoms with van der Waals surface area (Å²) in [6, 6.07) is 3.08. The van der Waals surface area contributed by atoms with Gasteiger partial charge in [0.05, 0.1) is 17.2 Å². The second kappa shape index (κ2) is 9.87. The van der Waals surface area contributed by atoms with Crippen LogP contribution in [0.1, 0.15) is 36.5 Å². The minimum Gasteiger partial charge on any atom is -0.494 e. The summed E-state index contributed by atoms with van der Waals surface area (Å²) < 4.78 is 10.5. The Kier molecular flexibility index (Phi) is 8.50. The van der Waals surface area contributed by atoms with E-state index in [1.165, 1.54) is 7.11 Å². The molecule has 0 fully saturated rings. The van der Waals surface area contributed by atoms with Crippen molar-refractivity contribution in [1.82, 2.24) is 5.32 Å². The number of halogens is 2. The summed E-state index contributed by atoms with van der Waals surface area (Å²) in [5.41, 5.74) is 0.415. The molecule has 118 valence electrons. The highest BCUT2D eigenvalue weighted by molar-refractivity contribution is 6.37. The number of ether oxygens (including phenoxy) is 2. The zero-order chi connectivity index (χ0) is 15.7. The van der Waals surface area contributed by atoms with Crippen LogP contribution in [-0.4, -0.2) is 32.8 Å². The van der Waals surface area contributed by atoms with Gasteiger partial charge in [-0.3, -0.25) is 4.79 Å². The minimum atomic E-state index is -0.213. The third-order valence-electron chi connectivity index (χ3n) is 2.86. The van der Waals surface area contributed by atoms with E-state index >= 15 is 0 Å². The maximum atomic E-state index is 12.0. The lowest BCUT2D eigenvalue weighted by Gasteiger charge is -2.09. The van der Waals surface area contributed by atoms with Crippen molar-refractivity contribution in [2.24, 2.45) is 0 Å². The molecule has 0 radical (unpaired) electrons. The van der Waals surface area contributed by atoms with Crippen molar-refractivity contribution in [3.05, 3.63) is 27.7 Å². The Morgan fingerprint density at radius 3 is 2.38 bits per heavy atom. The number of amides is 1. The lowest BCUT2D eigenvalue weighted by molar-refractivity contribution is 0.0940. The molecular weight excluding hydrogens is 313 g/mol. The van der Waals surface area contributed by atoms with Crippen LogP contribution in [0.25, 0.3) is 0 Å². The molecule has 0 heterocycles. The summed E-state index contributed by atoms with van der Waals surface area (Å²) in [4.78, 5) is 12.0. The third-order valence-corrected chi connectivity index (χ3v) is 3.42. The molecule has 1 aromatic rings. The fourth-order valence-corrected chi connectivity index (χ4v) is 2.35. The molecule has 0 bridgehead atoms. The first-order valence-electron chi connectivity index (χ1n) is 6.99. The number of hydrogen-bond acceptors (Lipinski definition) is 3. The molecule has 21 heavy (non-hydrogen) atoms. The molecule has 0 unspecified atom stereocenters. The molecule has 1 aromatic carbocycles. The van der Waals surface area contributed by atoms with Crippen molar-refractivity contribution in [2.75, 3.05) is 26.9 Å². The number of carbonyl (C=O) groups is 1. The molecule has 0 atom stereocenters. The van der Waals surface area contributed by atoms with Gasteiger partial charge in [0.1, 0.15) is 0 Å². The van der Waals surface area contributed by atoms with Gasteiger partial charge in [-0.2, -0.15) is 0 Å². The zero-order valence-corrected chi connectivity index (χ0v) is 13.9. The minimum absolute atomic E-state index is 0.213. The van der Waals surface area contributed by atoms with Gasteiger partial charge in [-0.15, -0.1) is 0 Å².